The maximum atomic E-state index is 12.5. The summed E-state index contributed by atoms with van der Waals surface area (Å²) in [4.78, 5) is 51.9. The molecule has 10 N–H and O–H groups in total. The van der Waals surface area contributed by atoms with Gasteiger partial charge in [-0.2, -0.15) is 0 Å². The summed E-state index contributed by atoms with van der Waals surface area (Å²) in [5, 5.41) is 16.7. The van der Waals surface area contributed by atoms with Crippen LogP contribution in [0.2, 0.25) is 0 Å². The molecule has 12 heteroatoms. The van der Waals surface area contributed by atoms with E-state index < -0.39 is 41.8 Å². The number of carboxylic acid groups (broad SMARTS) is 1. The average Bonchev–Trinajstić information content (AvgIpc) is 2.65. The Morgan fingerprint density at radius 1 is 1.00 bits per heavy atom. The standard InChI is InChI=1S/C19H37N7O5/c1-10(2)8-13(17(29)26-15(11(3)4)18(30)31)25-14(27)9-24-16(28)12(20)6-5-7-23-19(21)22/h10-13,15H,5-9,20H2,1-4H3,(H,24,28)(H,25,27)(H,26,29)(H,30,31)(H4,21,22,23). The van der Waals surface area contributed by atoms with Gasteiger partial charge in [-0.05, 0) is 31.1 Å². The Morgan fingerprint density at radius 2 is 1.61 bits per heavy atom. The van der Waals surface area contributed by atoms with Crippen molar-refractivity contribution < 1.29 is 24.3 Å². The smallest absolute Gasteiger partial charge is 0.326 e. The molecule has 0 saturated heterocycles. The third-order valence-electron chi connectivity index (χ3n) is 4.32. The molecule has 0 fully saturated rings. The van der Waals surface area contributed by atoms with Crippen LogP contribution in [0, 0.1) is 11.8 Å². The first-order valence-electron chi connectivity index (χ1n) is 10.3. The van der Waals surface area contributed by atoms with E-state index in [2.05, 4.69) is 20.9 Å². The van der Waals surface area contributed by atoms with Crippen LogP contribution in [-0.4, -0.2) is 66.0 Å². The Labute approximate surface area is 182 Å². The normalized spacial score (nSPS) is 13.8. The molecule has 12 nitrogen and oxygen atoms in total. The number of nitrogens with two attached hydrogens (primary N) is 3. The van der Waals surface area contributed by atoms with E-state index in [-0.39, 0.29) is 24.3 Å². The Morgan fingerprint density at radius 3 is 2.10 bits per heavy atom. The van der Waals surface area contributed by atoms with E-state index in [1.54, 1.807) is 13.8 Å². The van der Waals surface area contributed by atoms with E-state index in [4.69, 9.17) is 17.2 Å². The van der Waals surface area contributed by atoms with Gasteiger partial charge in [-0.15, -0.1) is 0 Å². The third kappa shape index (κ3) is 12.4. The highest BCUT2D eigenvalue weighted by atomic mass is 16.4. The Bertz CT molecular complexity index is 648. The number of guanidine groups is 1. The first-order valence-corrected chi connectivity index (χ1v) is 10.3. The highest BCUT2D eigenvalue weighted by molar-refractivity contribution is 5.92. The summed E-state index contributed by atoms with van der Waals surface area (Å²) in [6, 6.07) is -2.84. The largest absolute Gasteiger partial charge is 0.480 e. The molecule has 0 saturated carbocycles. The maximum absolute atomic E-state index is 12.5. The zero-order valence-corrected chi connectivity index (χ0v) is 18.7. The number of hydrogen-bond donors (Lipinski definition) is 7. The van der Waals surface area contributed by atoms with Gasteiger partial charge in [0.1, 0.15) is 12.1 Å². The summed E-state index contributed by atoms with van der Waals surface area (Å²) in [5.41, 5.74) is 16.2. The minimum absolute atomic E-state index is 0.0437. The molecule has 0 spiro atoms. The van der Waals surface area contributed by atoms with Gasteiger partial charge >= 0.3 is 5.97 Å². The molecule has 0 aromatic heterocycles. The van der Waals surface area contributed by atoms with Crippen molar-refractivity contribution in [2.75, 3.05) is 13.1 Å². The average molecular weight is 444 g/mol. The molecule has 0 bridgehead atoms. The number of amides is 3. The second-order valence-corrected chi connectivity index (χ2v) is 8.09. The second kappa shape index (κ2) is 14.2. The lowest BCUT2D eigenvalue weighted by molar-refractivity contribution is -0.143. The van der Waals surface area contributed by atoms with Crippen molar-refractivity contribution in [3.8, 4) is 0 Å². The Kier molecular flexibility index (Phi) is 12.9. The van der Waals surface area contributed by atoms with E-state index in [0.29, 0.717) is 25.8 Å². The summed E-state index contributed by atoms with van der Waals surface area (Å²) in [6.45, 7) is 7.05. The number of aliphatic imine (C=N–C) groups is 1. The van der Waals surface area contributed by atoms with Crippen LogP contribution in [0.15, 0.2) is 4.99 Å². The maximum Gasteiger partial charge on any atom is 0.326 e. The van der Waals surface area contributed by atoms with Gasteiger partial charge < -0.3 is 38.3 Å². The molecule has 0 rings (SSSR count). The number of carbonyl (C=O) groups excluding carboxylic acids is 3. The summed E-state index contributed by atoms with van der Waals surface area (Å²) in [7, 11) is 0. The molecule has 3 unspecified atom stereocenters. The van der Waals surface area contributed by atoms with Gasteiger partial charge in [0.2, 0.25) is 17.7 Å². The molecular weight excluding hydrogens is 406 g/mol. The number of nitrogens with zero attached hydrogens (tertiary/aromatic N) is 1. The fraction of sp³-hybridized carbons (Fsp3) is 0.737. The van der Waals surface area contributed by atoms with Crippen molar-refractivity contribution in [2.24, 2.45) is 34.0 Å². The molecule has 0 radical (unpaired) electrons. The molecule has 178 valence electrons. The lowest BCUT2D eigenvalue weighted by Gasteiger charge is -2.24. The van der Waals surface area contributed by atoms with E-state index >= 15 is 0 Å². The predicted molar refractivity (Wildman–Crippen MR) is 117 cm³/mol. The molecule has 0 aromatic rings. The summed E-state index contributed by atoms with van der Waals surface area (Å²) >= 11 is 0. The SMILES string of the molecule is CC(C)CC(NC(=O)CNC(=O)C(N)CCCN=C(N)N)C(=O)NC(C(=O)O)C(C)C. The van der Waals surface area contributed by atoms with Crippen molar-refractivity contribution in [1.29, 1.82) is 0 Å². The van der Waals surface area contributed by atoms with Gasteiger partial charge in [0.05, 0.1) is 12.6 Å². The minimum Gasteiger partial charge on any atom is -0.480 e. The number of aliphatic carboxylic acids is 1. The number of carboxylic acids is 1. The first kappa shape index (κ1) is 28.1. The molecular formula is C19H37N7O5. The third-order valence-corrected chi connectivity index (χ3v) is 4.32. The van der Waals surface area contributed by atoms with Crippen LogP contribution >= 0.6 is 0 Å². The molecule has 0 aliphatic rings. The second-order valence-electron chi connectivity index (χ2n) is 8.09. The van der Waals surface area contributed by atoms with Crippen molar-refractivity contribution in [1.82, 2.24) is 16.0 Å². The monoisotopic (exact) mass is 443 g/mol. The van der Waals surface area contributed by atoms with E-state index in [9.17, 15) is 24.3 Å². The molecule has 0 aliphatic carbocycles. The van der Waals surface area contributed by atoms with Crippen molar-refractivity contribution in [3.63, 3.8) is 0 Å². The van der Waals surface area contributed by atoms with E-state index in [1.807, 2.05) is 13.8 Å². The minimum atomic E-state index is -1.15. The number of nitrogens with one attached hydrogen (secondary N) is 3. The van der Waals surface area contributed by atoms with Crippen LogP contribution in [0.25, 0.3) is 0 Å². The van der Waals surface area contributed by atoms with Crippen LogP contribution in [-0.2, 0) is 19.2 Å². The highest BCUT2D eigenvalue weighted by Gasteiger charge is 2.29. The van der Waals surface area contributed by atoms with Crippen molar-refractivity contribution >= 4 is 29.7 Å². The van der Waals surface area contributed by atoms with Crippen LogP contribution in [0.3, 0.4) is 0 Å². The molecule has 0 aliphatic heterocycles. The molecule has 3 amide bonds. The molecule has 31 heavy (non-hydrogen) atoms. The summed E-state index contributed by atoms with van der Waals surface area (Å²) in [6.07, 6.45) is 1.13. The first-order chi connectivity index (χ1) is 14.3. The van der Waals surface area contributed by atoms with Crippen molar-refractivity contribution in [3.05, 3.63) is 0 Å². The van der Waals surface area contributed by atoms with Crippen LogP contribution in [0.5, 0.6) is 0 Å². The highest BCUT2D eigenvalue weighted by Crippen LogP contribution is 2.08. The molecule has 0 aromatic carbocycles. The number of hydrogen-bond acceptors (Lipinski definition) is 6. The molecule has 3 atom stereocenters. The Hall–Kier alpha value is -2.89. The van der Waals surface area contributed by atoms with Crippen LogP contribution in [0.1, 0.15) is 47.0 Å². The summed E-state index contributed by atoms with van der Waals surface area (Å²) < 4.78 is 0. The zero-order valence-electron chi connectivity index (χ0n) is 18.7. The topological polar surface area (TPSA) is 215 Å². The van der Waals surface area contributed by atoms with Crippen LogP contribution in [0.4, 0.5) is 0 Å². The zero-order chi connectivity index (χ0) is 24.1. The lowest BCUT2D eigenvalue weighted by Crippen LogP contribution is -2.55. The van der Waals surface area contributed by atoms with Gasteiger partial charge in [-0.1, -0.05) is 27.7 Å². The fourth-order valence-electron chi connectivity index (χ4n) is 2.66. The van der Waals surface area contributed by atoms with E-state index in [0.717, 1.165) is 0 Å². The lowest BCUT2D eigenvalue weighted by atomic mass is 10.0. The van der Waals surface area contributed by atoms with Crippen molar-refractivity contribution in [2.45, 2.75) is 65.1 Å². The number of rotatable bonds is 14. The van der Waals surface area contributed by atoms with Gasteiger partial charge in [-0.3, -0.25) is 19.4 Å². The van der Waals surface area contributed by atoms with Gasteiger partial charge in [0.25, 0.3) is 0 Å². The quantitative estimate of drug-likeness (QED) is 0.0924. The molecule has 0 heterocycles. The number of carbonyl (C=O) groups is 4. The predicted octanol–water partition coefficient (Wildman–Crippen LogP) is -1.76. The Balaban J connectivity index is 4.73. The summed E-state index contributed by atoms with van der Waals surface area (Å²) in [5.74, 6) is -3.16. The van der Waals surface area contributed by atoms with Gasteiger partial charge in [0.15, 0.2) is 5.96 Å². The van der Waals surface area contributed by atoms with Gasteiger partial charge in [0, 0.05) is 6.54 Å². The fourth-order valence-corrected chi connectivity index (χ4v) is 2.66. The van der Waals surface area contributed by atoms with E-state index in [1.165, 1.54) is 0 Å². The van der Waals surface area contributed by atoms with Crippen LogP contribution < -0.4 is 33.2 Å². The van der Waals surface area contributed by atoms with Gasteiger partial charge in [-0.25, -0.2) is 4.79 Å².